The van der Waals surface area contributed by atoms with Gasteiger partial charge in [-0.15, -0.1) is 11.3 Å². The minimum Gasteiger partial charge on any atom is -0.386 e. The monoisotopic (exact) mass is 387 g/mol. The first-order valence-electron chi connectivity index (χ1n) is 6.24. The van der Waals surface area contributed by atoms with Crippen LogP contribution >= 0.6 is 33.9 Å². The average molecular weight is 387 g/mol. The predicted molar refractivity (Wildman–Crippen MR) is 88.6 cm³/mol. The zero-order chi connectivity index (χ0) is 14.0. The van der Waals surface area contributed by atoms with E-state index in [-0.39, 0.29) is 5.41 Å². The summed E-state index contributed by atoms with van der Waals surface area (Å²) in [7, 11) is 0. The predicted octanol–water partition coefficient (Wildman–Crippen LogP) is 4.32. The first-order valence-corrected chi connectivity index (χ1v) is 8.20. The fourth-order valence-corrected chi connectivity index (χ4v) is 3.05. The fraction of sp³-hybridized carbons (Fsp3) is 0.400. The van der Waals surface area contributed by atoms with E-state index in [1.165, 1.54) is 3.57 Å². The lowest BCUT2D eigenvalue weighted by atomic mass is 9.98. The van der Waals surface area contributed by atoms with Gasteiger partial charge in [-0.3, -0.25) is 0 Å². The van der Waals surface area contributed by atoms with Crippen molar-refractivity contribution in [1.82, 2.24) is 4.98 Å². The van der Waals surface area contributed by atoms with Gasteiger partial charge in [0.25, 0.3) is 0 Å². The van der Waals surface area contributed by atoms with Gasteiger partial charge >= 0.3 is 0 Å². The summed E-state index contributed by atoms with van der Waals surface area (Å²) in [5.74, 6) is 0. The van der Waals surface area contributed by atoms with Crippen molar-refractivity contribution in [2.75, 3.05) is 0 Å². The summed E-state index contributed by atoms with van der Waals surface area (Å²) in [4.78, 5) is 4.56. The van der Waals surface area contributed by atoms with Crippen LogP contribution in [0.3, 0.4) is 0 Å². The number of rotatable bonds is 3. The Bertz CT molecular complexity index is 542. The van der Waals surface area contributed by atoms with Crippen LogP contribution in [0.1, 0.15) is 43.1 Å². The second-order valence-electron chi connectivity index (χ2n) is 5.67. The van der Waals surface area contributed by atoms with Gasteiger partial charge in [-0.1, -0.05) is 32.9 Å². The molecule has 0 fully saturated rings. The van der Waals surface area contributed by atoms with Crippen LogP contribution in [-0.4, -0.2) is 10.1 Å². The summed E-state index contributed by atoms with van der Waals surface area (Å²) in [5.41, 5.74) is 1.97. The lowest BCUT2D eigenvalue weighted by Crippen LogP contribution is -2.11. The lowest BCUT2D eigenvalue weighted by Gasteiger charge is -2.14. The molecule has 1 aromatic heterocycles. The quantitative estimate of drug-likeness (QED) is 0.796. The molecule has 4 heteroatoms. The number of aromatic nitrogens is 1. The second-order valence-corrected chi connectivity index (χ2v) is 7.78. The standard InChI is InChI=1S/C15H18INOS/c1-15(2,3)14-17-12(9-19-14)13(18)8-10-4-6-11(16)7-5-10/h4-7,9,13,18H,8H2,1-3H3. The molecule has 1 heterocycles. The number of thiazole rings is 1. The Labute approximate surface area is 132 Å². The Morgan fingerprint density at radius 3 is 2.42 bits per heavy atom. The highest BCUT2D eigenvalue weighted by Crippen LogP contribution is 2.28. The number of nitrogens with zero attached hydrogens (tertiary/aromatic N) is 1. The average Bonchev–Trinajstić information content (AvgIpc) is 2.81. The number of benzene rings is 1. The van der Waals surface area contributed by atoms with Crippen LogP contribution in [0.4, 0.5) is 0 Å². The molecular weight excluding hydrogens is 369 g/mol. The molecule has 0 radical (unpaired) electrons. The van der Waals surface area contributed by atoms with E-state index in [4.69, 9.17) is 0 Å². The molecule has 2 nitrogen and oxygen atoms in total. The molecule has 0 amide bonds. The molecule has 0 bridgehead atoms. The van der Waals surface area contributed by atoms with Gasteiger partial charge in [0.05, 0.1) is 10.7 Å². The van der Waals surface area contributed by atoms with Gasteiger partial charge in [-0.2, -0.15) is 0 Å². The molecule has 2 rings (SSSR count). The Balaban J connectivity index is 2.09. The van der Waals surface area contributed by atoms with Crippen molar-refractivity contribution in [2.45, 2.75) is 38.7 Å². The zero-order valence-electron chi connectivity index (χ0n) is 11.4. The molecule has 0 spiro atoms. The summed E-state index contributed by atoms with van der Waals surface area (Å²) >= 11 is 3.91. The van der Waals surface area contributed by atoms with E-state index < -0.39 is 6.10 Å². The Morgan fingerprint density at radius 2 is 1.89 bits per heavy atom. The molecule has 1 N–H and O–H groups in total. The summed E-state index contributed by atoms with van der Waals surface area (Å²) in [6, 6.07) is 8.23. The fourth-order valence-electron chi connectivity index (χ4n) is 1.73. The van der Waals surface area contributed by atoms with Crippen molar-refractivity contribution in [3.8, 4) is 0 Å². The smallest absolute Gasteiger partial charge is 0.101 e. The third-order valence-electron chi connectivity index (χ3n) is 2.85. The maximum atomic E-state index is 10.3. The van der Waals surface area contributed by atoms with E-state index in [2.05, 4.69) is 72.6 Å². The number of aliphatic hydroxyl groups is 1. The maximum absolute atomic E-state index is 10.3. The SMILES string of the molecule is CC(C)(C)c1nc(C(O)Cc2ccc(I)cc2)cs1. The van der Waals surface area contributed by atoms with Crippen molar-refractivity contribution < 1.29 is 5.11 Å². The van der Waals surface area contributed by atoms with Gasteiger partial charge in [0.1, 0.15) is 6.10 Å². The zero-order valence-corrected chi connectivity index (χ0v) is 14.3. The molecule has 19 heavy (non-hydrogen) atoms. The lowest BCUT2D eigenvalue weighted by molar-refractivity contribution is 0.174. The van der Waals surface area contributed by atoms with Gasteiger partial charge in [0, 0.05) is 20.8 Å². The van der Waals surface area contributed by atoms with Crippen molar-refractivity contribution >= 4 is 33.9 Å². The molecule has 2 aromatic rings. The van der Waals surface area contributed by atoms with Gasteiger partial charge < -0.3 is 5.11 Å². The first kappa shape index (κ1) is 14.9. The highest BCUT2D eigenvalue weighted by atomic mass is 127. The van der Waals surface area contributed by atoms with Crippen molar-refractivity contribution in [3.63, 3.8) is 0 Å². The van der Waals surface area contributed by atoms with Crippen LogP contribution in [0, 0.1) is 3.57 Å². The third-order valence-corrected chi connectivity index (χ3v) is 4.85. The minimum atomic E-state index is -0.521. The molecule has 102 valence electrons. The number of halogens is 1. The molecular formula is C15H18INOS. The van der Waals surface area contributed by atoms with Gasteiger partial charge in [0.2, 0.25) is 0 Å². The topological polar surface area (TPSA) is 33.1 Å². The van der Waals surface area contributed by atoms with Gasteiger partial charge in [-0.25, -0.2) is 4.98 Å². The highest BCUT2D eigenvalue weighted by Gasteiger charge is 2.20. The van der Waals surface area contributed by atoms with Crippen LogP contribution in [-0.2, 0) is 11.8 Å². The van der Waals surface area contributed by atoms with Crippen LogP contribution in [0.2, 0.25) is 0 Å². The van der Waals surface area contributed by atoms with Crippen LogP contribution in [0.15, 0.2) is 29.6 Å². The van der Waals surface area contributed by atoms with Crippen LogP contribution in [0.5, 0.6) is 0 Å². The summed E-state index contributed by atoms with van der Waals surface area (Å²) in [5, 5.41) is 13.3. The van der Waals surface area contributed by atoms with Crippen molar-refractivity contribution in [1.29, 1.82) is 0 Å². The Kier molecular flexibility index (Phi) is 4.63. The Morgan fingerprint density at radius 1 is 1.26 bits per heavy atom. The van der Waals surface area contributed by atoms with E-state index in [9.17, 15) is 5.11 Å². The van der Waals surface area contributed by atoms with Crippen LogP contribution in [0.25, 0.3) is 0 Å². The largest absolute Gasteiger partial charge is 0.386 e. The van der Waals surface area contributed by atoms with Gasteiger partial charge in [0.15, 0.2) is 0 Å². The van der Waals surface area contributed by atoms with E-state index >= 15 is 0 Å². The molecule has 0 aliphatic heterocycles. The normalized spacial score (nSPS) is 13.5. The highest BCUT2D eigenvalue weighted by molar-refractivity contribution is 14.1. The maximum Gasteiger partial charge on any atom is 0.101 e. The number of aliphatic hydroxyl groups excluding tert-OH is 1. The van der Waals surface area contributed by atoms with E-state index in [1.54, 1.807) is 11.3 Å². The minimum absolute atomic E-state index is 0.0471. The van der Waals surface area contributed by atoms with E-state index in [1.807, 2.05) is 5.38 Å². The molecule has 1 atom stereocenters. The first-order chi connectivity index (χ1) is 8.86. The number of hydrogen-bond donors (Lipinski definition) is 1. The molecule has 0 saturated heterocycles. The van der Waals surface area contributed by atoms with E-state index in [0.717, 1.165) is 16.3 Å². The summed E-state index contributed by atoms with van der Waals surface area (Å²) < 4.78 is 1.21. The number of hydrogen-bond acceptors (Lipinski definition) is 3. The molecule has 0 aliphatic rings. The van der Waals surface area contributed by atoms with Gasteiger partial charge in [-0.05, 0) is 40.3 Å². The van der Waals surface area contributed by atoms with Crippen molar-refractivity contribution in [3.05, 3.63) is 49.5 Å². The molecule has 0 aliphatic carbocycles. The molecule has 1 unspecified atom stereocenters. The molecule has 0 saturated carbocycles. The third kappa shape index (κ3) is 4.00. The summed E-state index contributed by atoms with van der Waals surface area (Å²) in [6.45, 7) is 6.42. The van der Waals surface area contributed by atoms with Crippen molar-refractivity contribution in [2.24, 2.45) is 0 Å². The molecule has 1 aromatic carbocycles. The van der Waals surface area contributed by atoms with Crippen LogP contribution < -0.4 is 0 Å². The summed E-state index contributed by atoms with van der Waals surface area (Å²) in [6.07, 6.45) is 0.0944. The Hall–Kier alpha value is -0.460. The van der Waals surface area contributed by atoms with E-state index in [0.29, 0.717) is 6.42 Å². The second kappa shape index (κ2) is 5.89.